The van der Waals surface area contributed by atoms with Gasteiger partial charge in [-0.3, -0.25) is 0 Å². The maximum atomic E-state index is 13.2. The maximum absolute atomic E-state index is 13.2. The highest BCUT2D eigenvalue weighted by atomic mass is 19.1. The Morgan fingerprint density at radius 3 is 2.70 bits per heavy atom. The van der Waals surface area contributed by atoms with Crippen molar-refractivity contribution in [2.45, 2.75) is 52.4 Å². The minimum atomic E-state index is -0.130. The number of hydrogen-bond acceptors (Lipinski definition) is 1. The average molecular weight is 277 g/mol. The molecule has 0 bridgehead atoms. The van der Waals surface area contributed by atoms with Gasteiger partial charge in [-0.05, 0) is 73.7 Å². The molecular formula is C18H28FN. The lowest BCUT2D eigenvalue weighted by Crippen LogP contribution is -2.31. The van der Waals surface area contributed by atoms with Gasteiger partial charge in [0.05, 0.1) is 0 Å². The van der Waals surface area contributed by atoms with Crippen molar-refractivity contribution in [2.75, 3.05) is 6.54 Å². The summed E-state index contributed by atoms with van der Waals surface area (Å²) in [5.74, 6) is 2.06. The van der Waals surface area contributed by atoms with Crippen molar-refractivity contribution in [1.82, 2.24) is 0 Å². The quantitative estimate of drug-likeness (QED) is 0.844. The summed E-state index contributed by atoms with van der Waals surface area (Å²) in [5.41, 5.74) is 8.35. The largest absolute Gasteiger partial charge is 0.330 e. The molecule has 2 N–H and O–H groups in total. The average Bonchev–Trinajstić information content (AvgIpc) is 2.43. The van der Waals surface area contributed by atoms with Crippen molar-refractivity contribution in [3.05, 3.63) is 35.1 Å². The molecule has 1 aliphatic carbocycles. The summed E-state index contributed by atoms with van der Waals surface area (Å²) >= 11 is 0. The Morgan fingerprint density at radius 1 is 1.25 bits per heavy atom. The first-order chi connectivity index (χ1) is 9.63. The number of rotatable bonds is 5. The van der Waals surface area contributed by atoms with Gasteiger partial charge in [-0.1, -0.05) is 32.3 Å². The van der Waals surface area contributed by atoms with Crippen molar-refractivity contribution >= 4 is 0 Å². The number of halogens is 1. The number of hydrogen-bond donors (Lipinski definition) is 1. The summed E-state index contributed by atoms with van der Waals surface area (Å²) in [4.78, 5) is 0. The van der Waals surface area contributed by atoms with Crippen LogP contribution in [0.3, 0.4) is 0 Å². The van der Waals surface area contributed by atoms with Gasteiger partial charge in [0, 0.05) is 0 Å². The highest BCUT2D eigenvalue weighted by Gasteiger charge is 2.29. The summed E-state index contributed by atoms with van der Waals surface area (Å²) in [6, 6.07) is 5.20. The Bertz CT molecular complexity index is 429. The van der Waals surface area contributed by atoms with Gasteiger partial charge < -0.3 is 5.73 Å². The van der Waals surface area contributed by atoms with E-state index in [2.05, 4.69) is 6.92 Å². The zero-order valence-electron chi connectivity index (χ0n) is 12.9. The molecule has 0 aromatic heterocycles. The summed E-state index contributed by atoms with van der Waals surface area (Å²) in [7, 11) is 0. The predicted molar refractivity (Wildman–Crippen MR) is 83.1 cm³/mol. The molecule has 0 spiro atoms. The molecule has 2 heteroatoms. The lowest BCUT2D eigenvalue weighted by atomic mass is 9.70. The van der Waals surface area contributed by atoms with E-state index in [1.165, 1.54) is 37.7 Å². The molecule has 1 fully saturated rings. The molecule has 112 valence electrons. The minimum absolute atomic E-state index is 0.130. The van der Waals surface area contributed by atoms with Gasteiger partial charge in [0.2, 0.25) is 0 Å². The van der Waals surface area contributed by atoms with Gasteiger partial charge in [-0.15, -0.1) is 0 Å². The molecule has 20 heavy (non-hydrogen) atoms. The van der Waals surface area contributed by atoms with Crippen LogP contribution < -0.4 is 5.73 Å². The minimum Gasteiger partial charge on any atom is -0.330 e. The molecule has 0 amide bonds. The van der Waals surface area contributed by atoms with Crippen molar-refractivity contribution in [1.29, 1.82) is 0 Å². The first kappa shape index (κ1) is 15.5. The van der Waals surface area contributed by atoms with E-state index in [-0.39, 0.29) is 5.82 Å². The van der Waals surface area contributed by atoms with Crippen LogP contribution >= 0.6 is 0 Å². The standard InChI is InChI=1S/C18H28FN/c1-3-4-14-5-6-16(12-20)17(10-14)11-15-7-8-18(19)9-13(15)2/h7-9,14,16-17H,3-6,10-12,20H2,1-2H3. The number of aryl methyl sites for hydroxylation is 1. The zero-order chi connectivity index (χ0) is 14.5. The highest BCUT2D eigenvalue weighted by molar-refractivity contribution is 5.27. The molecule has 1 nitrogen and oxygen atoms in total. The smallest absolute Gasteiger partial charge is 0.123 e. The van der Waals surface area contributed by atoms with Crippen LogP contribution in [0.1, 0.15) is 50.2 Å². The number of nitrogens with two attached hydrogens (primary N) is 1. The molecule has 1 aliphatic rings. The summed E-state index contributed by atoms with van der Waals surface area (Å²) in [6.45, 7) is 5.08. The summed E-state index contributed by atoms with van der Waals surface area (Å²) in [5, 5.41) is 0. The van der Waals surface area contributed by atoms with E-state index < -0.39 is 0 Å². The Labute approximate surface area is 122 Å². The van der Waals surface area contributed by atoms with Crippen LogP contribution in [0.25, 0.3) is 0 Å². The van der Waals surface area contributed by atoms with E-state index in [0.29, 0.717) is 11.8 Å². The monoisotopic (exact) mass is 277 g/mol. The molecule has 0 saturated heterocycles. The first-order valence-electron chi connectivity index (χ1n) is 8.09. The van der Waals surface area contributed by atoms with E-state index in [9.17, 15) is 4.39 Å². The Kier molecular flexibility index (Phi) is 5.59. The molecule has 3 unspecified atom stereocenters. The van der Waals surface area contributed by atoms with Crippen LogP contribution in [0.5, 0.6) is 0 Å². The molecular weight excluding hydrogens is 249 g/mol. The fourth-order valence-electron chi connectivity index (χ4n) is 3.83. The fraction of sp³-hybridized carbons (Fsp3) is 0.667. The van der Waals surface area contributed by atoms with Crippen molar-refractivity contribution < 1.29 is 4.39 Å². The number of benzene rings is 1. The molecule has 0 heterocycles. The maximum Gasteiger partial charge on any atom is 0.123 e. The van der Waals surface area contributed by atoms with Crippen molar-refractivity contribution in [3.8, 4) is 0 Å². The Morgan fingerprint density at radius 2 is 2.05 bits per heavy atom. The van der Waals surface area contributed by atoms with E-state index in [1.807, 2.05) is 13.0 Å². The second-order valence-corrected chi connectivity index (χ2v) is 6.50. The van der Waals surface area contributed by atoms with Crippen molar-refractivity contribution in [2.24, 2.45) is 23.5 Å². The third-order valence-corrected chi connectivity index (χ3v) is 5.03. The molecule has 1 saturated carbocycles. The molecule has 1 aromatic carbocycles. The highest BCUT2D eigenvalue weighted by Crippen LogP contribution is 2.37. The van der Waals surface area contributed by atoms with Crippen LogP contribution in [-0.2, 0) is 6.42 Å². The second kappa shape index (κ2) is 7.21. The van der Waals surface area contributed by atoms with Gasteiger partial charge in [0.15, 0.2) is 0 Å². The predicted octanol–water partition coefficient (Wildman–Crippen LogP) is 4.47. The van der Waals surface area contributed by atoms with Crippen LogP contribution in [0.4, 0.5) is 4.39 Å². The first-order valence-corrected chi connectivity index (χ1v) is 8.09. The van der Waals surface area contributed by atoms with E-state index in [4.69, 9.17) is 5.73 Å². The molecule has 1 aromatic rings. The van der Waals surface area contributed by atoms with Gasteiger partial charge in [0.25, 0.3) is 0 Å². The lowest BCUT2D eigenvalue weighted by molar-refractivity contribution is 0.175. The molecule has 0 aliphatic heterocycles. The summed E-state index contributed by atoms with van der Waals surface area (Å²) in [6.07, 6.45) is 7.60. The molecule has 2 rings (SSSR count). The Balaban J connectivity index is 2.07. The van der Waals surface area contributed by atoms with Gasteiger partial charge in [0.1, 0.15) is 5.82 Å². The van der Waals surface area contributed by atoms with Gasteiger partial charge in [-0.25, -0.2) is 4.39 Å². The van der Waals surface area contributed by atoms with Gasteiger partial charge in [-0.2, -0.15) is 0 Å². The zero-order valence-corrected chi connectivity index (χ0v) is 12.9. The topological polar surface area (TPSA) is 26.0 Å². The fourth-order valence-corrected chi connectivity index (χ4v) is 3.83. The molecule has 3 atom stereocenters. The van der Waals surface area contributed by atoms with E-state index in [0.717, 1.165) is 24.4 Å². The second-order valence-electron chi connectivity index (χ2n) is 6.50. The van der Waals surface area contributed by atoms with Crippen LogP contribution in [0.15, 0.2) is 18.2 Å². The molecule has 0 radical (unpaired) electrons. The Hall–Kier alpha value is -0.890. The third-order valence-electron chi connectivity index (χ3n) is 5.03. The van der Waals surface area contributed by atoms with Gasteiger partial charge >= 0.3 is 0 Å². The van der Waals surface area contributed by atoms with Crippen LogP contribution in [0.2, 0.25) is 0 Å². The summed E-state index contributed by atoms with van der Waals surface area (Å²) < 4.78 is 13.2. The van der Waals surface area contributed by atoms with E-state index in [1.54, 1.807) is 12.1 Å². The van der Waals surface area contributed by atoms with Crippen LogP contribution in [0, 0.1) is 30.5 Å². The third kappa shape index (κ3) is 3.82. The normalized spacial score (nSPS) is 26.7. The lowest BCUT2D eigenvalue weighted by Gasteiger charge is -2.36. The van der Waals surface area contributed by atoms with Crippen LogP contribution in [-0.4, -0.2) is 6.54 Å². The SMILES string of the molecule is CCCC1CCC(CN)C(Cc2ccc(F)cc2C)C1. The van der Waals surface area contributed by atoms with Crippen molar-refractivity contribution in [3.63, 3.8) is 0 Å². The van der Waals surface area contributed by atoms with E-state index >= 15 is 0 Å².